The molecule has 0 spiro atoms. The zero-order valence-corrected chi connectivity index (χ0v) is 16.1. The number of thiazole rings is 1. The largest absolute Gasteiger partial charge is 0.416 e. The number of halogens is 3. The molecule has 0 radical (unpaired) electrons. The molecule has 0 aliphatic carbocycles. The van der Waals surface area contributed by atoms with Gasteiger partial charge in [0.15, 0.2) is 5.13 Å². The average Bonchev–Trinajstić information content (AvgIpc) is 3.09. The second-order valence-electron chi connectivity index (χ2n) is 6.72. The SMILES string of the molecule is O=C(Nc1nc2c(s1)CN(Cc1cccc(C(F)(F)F)c1)CC2)c1ccccn1. The van der Waals surface area contributed by atoms with Crippen LogP contribution < -0.4 is 5.32 Å². The van der Waals surface area contributed by atoms with Gasteiger partial charge in [-0.1, -0.05) is 24.3 Å². The van der Waals surface area contributed by atoms with E-state index in [0.717, 1.165) is 16.6 Å². The first-order valence-corrected chi connectivity index (χ1v) is 9.79. The van der Waals surface area contributed by atoms with Crippen LogP contribution in [0, 0.1) is 0 Å². The zero-order chi connectivity index (χ0) is 20.4. The minimum absolute atomic E-state index is 0.312. The van der Waals surface area contributed by atoms with E-state index in [-0.39, 0.29) is 5.91 Å². The summed E-state index contributed by atoms with van der Waals surface area (Å²) in [5, 5.41) is 3.27. The topological polar surface area (TPSA) is 58.1 Å². The van der Waals surface area contributed by atoms with E-state index in [4.69, 9.17) is 0 Å². The number of nitrogens with zero attached hydrogens (tertiary/aromatic N) is 3. The molecular weight excluding hydrogens is 401 g/mol. The molecule has 1 aliphatic heterocycles. The molecule has 2 aromatic heterocycles. The smallest absolute Gasteiger partial charge is 0.296 e. The predicted octanol–water partition coefficient (Wildman–Crippen LogP) is 4.37. The summed E-state index contributed by atoms with van der Waals surface area (Å²) in [6.45, 7) is 1.71. The van der Waals surface area contributed by atoms with Crippen molar-refractivity contribution in [3.8, 4) is 0 Å². The summed E-state index contributed by atoms with van der Waals surface area (Å²) in [6, 6.07) is 10.5. The van der Waals surface area contributed by atoms with Gasteiger partial charge in [-0.2, -0.15) is 13.2 Å². The van der Waals surface area contributed by atoms with E-state index < -0.39 is 11.7 Å². The van der Waals surface area contributed by atoms with Gasteiger partial charge in [-0.05, 0) is 23.8 Å². The Bertz CT molecular complexity index is 1020. The lowest BCUT2D eigenvalue weighted by Gasteiger charge is -2.26. The van der Waals surface area contributed by atoms with E-state index in [1.807, 2.05) is 0 Å². The van der Waals surface area contributed by atoms with Crippen LogP contribution in [-0.4, -0.2) is 27.3 Å². The van der Waals surface area contributed by atoms with Gasteiger partial charge < -0.3 is 0 Å². The van der Waals surface area contributed by atoms with E-state index >= 15 is 0 Å². The lowest BCUT2D eigenvalue weighted by atomic mass is 10.1. The highest BCUT2D eigenvalue weighted by Crippen LogP contribution is 2.31. The molecule has 0 saturated heterocycles. The molecule has 1 amide bonds. The molecule has 0 saturated carbocycles. The van der Waals surface area contributed by atoms with Crippen molar-refractivity contribution in [2.45, 2.75) is 25.7 Å². The maximum atomic E-state index is 12.9. The summed E-state index contributed by atoms with van der Waals surface area (Å²) in [7, 11) is 0. The number of amides is 1. The van der Waals surface area contributed by atoms with Gasteiger partial charge in [0.1, 0.15) is 5.69 Å². The molecule has 3 aromatic rings. The van der Waals surface area contributed by atoms with Crippen LogP contribution in [0.4, 0.5) is 18.3 Å². The van der Waals surface area contributed by atoms with Crippen molar-refractivity contribution in [2.24, 2.45) is 0 Å². The van der Waals surface area contributed by atoms with Crippen molar-refractivity contribution in [3.63, 3.8) is 0 Å². The number of carbonyl (C=O) groups excluding carboxylic acids is 1. The molecule has 1 aromatic carbocycles. The van der Waals surface area contributed by atoms with Crippen molar-refractivity contribution >= 4 is 22.4 Å². The van der Waals surface area contributed by atoms with Crippen LogP contribution in [0.15, 0.2) is 48.7 Å². The Kier molecular flexibility index (Phi) is 5.33. The number of fused-ring (bicyclic) bond motifs is 1. The van der Waals surface area contributed by atoms with Gasteiger partial charge in [0.25, 0.3) is 5.91 Å². The highest BCUT2D eigenvalue weighted by Gasteiger charge is 2.30. The Morgan fingerprint density at radius 1 is 1.21 bits per heavy atom. The van der Waals surface area contributed by atoms with Crippen LogP contribution in [0.25, 0.3) is 0 Å². The van der Waals surface area contributed by atoms with E-state index in [2.05, 4.69) is 20.2 Å². The van der Waals surface area contributed by atoms with Gasteiger partial charge in [0, 0.05) is 37.1 Å². The number of rotatable bonds is 4. The third-order valence-electron chi connectivity index (χ3n) is 4.59. The fourth-order valence-electron chi connectivity index (χ4n) is 3.20. The van der Waals surface area contributed by atoms with Crippen LogP contribution in [0.1, 0.15) is 32.2 Å². The van der Waals surface area contributed by atoms with E-state index in [1.165, 1.54) is 23.5 Å². The van der Waals surface area contributed by atoms with Crippen molar-refractivity contribution < 1.29 is 18.0 Å². The van der Waals surface area contributed by atoms with Crippen LogP contribution in [-0.2, 0) is 25.7 Å². The summed E-state index contributed by atoms with van der Waals surface area (Å²) in [5.74, 6) is -0.322. The third kappa shape index (κ3) is 4.63. The standard InChI is InChI=1S/C20H17F3N4OS/c21-20(22,23)14-5-3-4-13(10-14)11-27-9-7-15-17(12-27)29-19(25-15)26-18(28)16-6-1-2-8-24-16/h1-6,8,10H,7,9,11-12H2,(H,25,26,28). The molecule has 29 heavy (non-hydrogen) atoms. The number of nitrogens with one attached hydrogen (secondary N) is 1. The highest BCUT2D eigenvalue weighted by molar-refractivity contribution is 7.15. The summed E-state index contributed by atoms with van der Waals surface area (Å²) in [5.41, 5.74) is 1.22. The van der Waals surface area contributed by atoms with E-state index in [0.29, 0.717) is 42.4 Å². The molecule has 0 atom stereocenters. The maximum Gasteiger partial charge on any atom is 0.416 e. The Hall–Kier alpha value is -2.78. The monoisotopic (exact) mass is 418 g/mol. The fraction of sp³-hybridized carbons (Fsp3) is 0.250. The number of aromatic nitrogens is 2. The fourth-order valence-corrected chi connectivity index (χ4v) is 4.24. The molecule has 0 fully saturated rings. The average molecular weight is 418 g/mol. The van der Waals surface area contributed by atoms with Gasteiger partial charge in [0.05, 0.1) is 11.3 Å². The van der Waals surface area contributed by atoms with Gasteiger partial charge in [-0.3, -0.25) is 20.0 Å². The summed E-state index contributed by atoms with van der Waals surface area (Å²) in [6.07, 6.45) is -2.11. The molecule has 9 heteroatoms. The van der Waals surface area contributed by atoms with Crippen LogP contribution in [0.2, 0.25) is 0 Å². The third-order valence-corrected chi connectivity index (χ3v) is 5.59. The van der Waals surface area contributed by atoms with Crippen molar-refractivity contribution in [3.05, 3.63) is 76.1 Å². The predicted molar refractivity (Wildman–Crippen MR) is 104 cm³/mol. The van der Waals surface area contributed by atoms with Crippen molar-refractivity contribution in [2.75, 3.05) is 11.9 Å². The lowest BCUT2D eigenvalue weighted by Crippen LogP contribution is -2.29. The quantitative estimate of drug-likeness (QED) is 0.684. The van der Waals surface area contributed by atoms with Gasteiger partial charge >= 0.3 is 6.18 Å². The van der Waals surface area contributed by atoms with Gasteiger partial charge in [-0.25, -0.2) is 4.98 Å². The Morgan fingerprint density at radius 2 is 2.07 bits per heavy atom. The Balaban J connectivity index is 1.42. The number of hydrogen-bond acceptors (Lipinski definition) is 5. The number of carbonyl (C=O) groups is 1. The maximum absolute atomic E-state index is 12.9. The van der Waals surface area contributed by atoms with Crippen LogP contribution >= 0.6 is 11.3 Å². The first-order chi connectivity index (χ1) is 13.9. The van der Waals surface area contributed by atoms with Crippen molar-refractivity contribution in [1.82, 2.24) is 14.9 Å². The lowest BCUT2D eigenvalue weighted by molar-refractivity contribution is -0.137. The number of alkyl halides is 3. The molecule has 1 aliphatic rings. The molecule has 150 valence electrons. The molecule has 1 N–H and O–H groups in total. The zero-order valence-electron chi connectivity index (χ0n) is 15.2. The first kappa shape index (κ1) is 19.5. The molecule has 4 rings (SSSR count). The minimum atomic E-state index is -4.34. The summed E-state index contributed by atoms with van der Waals surface area (Å²) < 4.78 is 38.7. The highest BCUT2D eigenvalue weighted by atomic mass is 32.1. The summed E-state index contributed by atoms with van der Waals surface area (Å²) in [4.78, 5) is 23.8. The molecule has 0 bridgehead atoms. The molecule has 3 heterocycles. The number of pyridine rings is 1. The second kappa shape index (κ2) is 7.92. The molecule has 5 nitrogen and oxygen atoms in total. The van der Waals surface area contributed by atoms with Gasteiger partial charge in [0.2, 0.25) is 0 Å². The number of hydrogen-bond donors (Lipinski definition) is 1. The van der Waals surface area contributed by atoms with Crippen LogP contribution in [0.5, 0.6) is 0 Å². The molecular formula is C20H17F3N4OS. The van der Waals surface area contributed by atoms with E-state index in [1.54, 1.807) is 30.5 Å². The normalized spacial score (nSPS) is 14.4. The number of benzene rings is 1. The first-order valence-electron chi connectivity index (χ1n) is 8.98. The molecule has 0 unspecified atom stereocenters. The summed E-state index contributed by atoms with van der Waals surface area (Å²) >= 11 is 1.39. The minimum Gasteiger partial charge on any atom is -0.296 e. The van der Waals surface area contributed by atoms with E-state index in [9.17, 15) is 18.0 Å². The second-order valence-corrected chi connectivity index (χ2v) is 7.80. The number of anilines is 1. The van der Waals surface area contributed by atoms with Crippen LogP contribution in [0.3, 0.4) is 0 Å². The van der Waals surface area contributed by atoms with Crippen molar-refractivity contribution in [1.29, 1.82) is 0 Å². The Morgan fingerprint density at radius 3 is 2.83 bits per heavy atom. The van der Waals surface area contributed by atoms with Gasteiger partial charge in [-0.15, -0.1) is 11.3 Å². The Labute approximate surface area is 169 Å².